The largest absolute Gasteiger partial charge is 0.497 e. The Bertz CT molecular complexity index is 1230. The normalized spacial score (nSPS) is 11.6. The smallest absolute Gasteiger partial charge is 0.471 e. The number of amides is 3. The molecular formula is C25H28F3N5O3. The standard InChI is InChI=1S/C25H28F3N5O3/c1-24(2,3)20-15-21(31-23(35)30-17-8-6-10-19(14-17)36-4)33(32-20)18-9-5-7-16(13-18)11-12-29-22(34)25(26,27)28/h5-10,13-15H,11-12H2,1-4H3,(H,29,34)(H2,30,31,35). The Morgan fingerprint density at radius 2 is 1.72 bits per heavy atom. The number of alkyl halides is 3. The molecule has 8 nitrogen and oxygen atoms in total. The van der Waals surface area contributed by atoms with Crippen LogP contribution in [0.4, 0.5) is 29.5 Å². The van der Waals surface area contributed by atoms with Gasteiger partial charge in [0.25, 0.3) is 0 Å². The Balaban J connectivity index is 1.81. The molecule has 1 heterocycles. The lowest BCUT2D eigenvalue weighted by Crippen LogP contribution is -2.37. The zero-order chi connectivity index (χ0) is 26.5. The molecule has 1 aromatic heterocycles. The van der Waals surface area contributed by atoms with Crippen molar-refractivity contribution in [2.24, 2.45) is 0 Å². The number of aromatic nitrogens is 2. The van der Waals surface area contributed by atoms with E-state index in [-0.39, 0.29) is 18.4 Å². The second kappa shape index (κ2) is 10.7. The molecule has 0 saturated heterocycles. The van der Waals surface area contributed by atoms with E-state index in [1.165, 1.54) is 7.11 Å². The van der Waals surface area contributed by atoms with E-state index in [0.717, 1.165) is 5.69 Å². The second-order valence-electron chi connectivity index (χ2n) is 9.06. The van der Waals surface area contributed by atoms with Gasteiger partial charge in [0.1, 0.15) is 11.6 Å². The summed E-state index contributed by atoms with van der Waals surface area (Å²) in [6.07, 6.45) is -4.74. The highest BCUT2D eigenvalue weighted by atomic mass is 19.4. The molecule has 3 aromatic rings. The van der Waals surface area contributed by atoms with Gasteiger partial charge in [-0.25, -0.2) is 9.48 Å². The molecule has 0 aliphatic carbocycles. The van der Waals surface area contributed by atoms with E-state index in [0.29, 0.717) is 28.5 Å². The summed E-state index contributed by atoms with van der Waals surface area (Å²) in [5.74, 6) is -0.979. The third-order valence-corrected chi connectivity index (χ3v) is 5.16. The number of benzene rings is 2. The number of halogens is 3. The number of hydrogen-bond acceptors (Lipinski definition) is 4. The van der Waals surface area contributed by atoms with Crippen molar-refractivity contribution in [3.8, 4) is 11.4 Å². The van der Waals surface area contributed by atoms with Crippen molar-refractivity contribution >= 4 is 23.4 Å². The molecule has 3 N–H and O–H groups in total. The number of ether oxygens (including phenoxy) is 1. The lowest BCUT2D eigenvalue weighted by Gasteiger charge is -2.14. The number of carbonyl (C=O) groups excluding carboxylic acids is 2. The van der Waals surface area contributed by atoms with Crippen LogP contribution in [0.15, 0.2) is 54.6 Å². The van der Waals surface area contributed by atoms with Crippen LogP contribution in [0.1, 0.15) is 32.0 Å². The minimum absolute atomic E-state index is 0.178. The van der Waals surface area contributed by atoms with Gasteiger partial charge in [-0.3, -0.25) is 10.1 Å². The van der Waals surface area contributed by atoms with Gasteiger partial charge >= 0.3 is 18.1 Å². The third kappa shape index (κ3) is 7.00. The van der Waals surface area contributed by atoms with Gasteiger partial charge in [-0.1, -0.05) is 39.0 Å². The lowest BCUT2D eigenvalue weighted by molar-refractivity contribution is -0.173. The minimum Gasteiger partial charge on any atom is -0.497 e. The van der Waals surface area contributed by atoms with Gasteiger partial charge < -0.3 is 15.4 Å². The van der Waals surface area contributed by atoms with E-state index in [1.807, 2.05) is 26.1 Å². The Labute approximate surface area is 206 Å². The third-order valence-electron chi connectivity index (χ3n) is 5.16. The number of urea groups is 1. The number of nitrogens with zero attached hydrogens (tertiary/aromatic N) is 2. The van der Waals surface area contributed by atoms with E-state index in [4.69, 9.17) is 4.74 Å². The van der Waals surface area contributed by atoms with Gasteiger partial charge in [0.15, 0.2) is 0 Å². The fourth-order valence-corrected chi connectivity index (χ4v) is 3.28. The first-order chi connectivity index (χ1) is 16.9. The van der Waals surface area contributed by atoms with E-state index in [9.17, 15) is 22.8 Å². The molecule has 0 unspecified atom stereocenters. The molecule has 0 fully saturated rings. The fourth-order valence-electron chi connectivity index (χ4n) is 3.28. The van der Waals surface area contributed by atoms with Crippen LogP contribution in [0, 0.1) is 0 Å². The van der Waals surface area contributed by atoms with E-state index >= 15 is 0 Å². The van der Waals surface area contributed by atoms with Crippen molar-refractivity contribution in [3.63, 3.8) is 0 Å². The molecule has 0 saturated carbocycles. The maximum absolute atomic E-state index is 12.7. The molecule has 3 rings (SSSR count). The highest BCUT2D eigenvalue weighted by Gasteiger charge is 2.38. The monoisotopic (exact) mass is 503 g/mol. The van der Waals surface area contributed by atoms with E-state index in [2.05, 4.69) is 15.7 Å². The van der Waals surface area contributed by atoms with Crippen molar-refractivity contribution in [1.29, 1.82) is 0 Å². The van der Waals surface area contributed by atoms with Crippen molar-refractivity contribution in [3.05, 3.63) is 65.9 Å². The number of methoxy groups -OCH3 is 1. The first-order valence-corrected chi connectivity index (χ1v) is 11.1. The Kier molecular flexibility index (Phi) is 7.91. The van der Waals surface area contributed by atoms with Crippen molar-refractivity contribution in [2.75, 3.05) is 24.3 Å². The Morgan fingerprint density at radius 3 is 2.39 bits per heavy atom. The van der Waals surface area contributed by atoms with Crippen LogP contribution < -0.4 is 20.7 Å². The number of carbonyl (C=O) groups is 2. The van der Waals surface area contributed by atoms with Crippen LogP contribution in [0.2, 0.25) is 0 Å². The molecule has 3 amide bonds. The van der Waals surface area contributed by atoms with Crippen molar-refractivity contribution in [2.45, 2.75) is 38.8 Å². The van der Waals surface area contributed by atoms with Crippen LogP contribution in [-0.4, -0.2) is 41.5 Å². The number of hydrogen-bond donors (Lipinski definition) is 3. The summed E-state index contributed by atoms with van der Waals surface area (Å²) in [6, 6.07) is 15.2. The van der Waals surface area contributed by atoms with Gasteiger partial charge in [0.2, 0.25) is 0 Å². The van der Waals surface area contributed by atoms with Crippen LogP contribution in [-0.2, 0) is 16.6 Å². The minimum atomic E-state index is -4.92. The Morgan fingerprint density at radius 1 is 1.00 bits per heavy atom. The zero-order valence-corrected chi connectivity index (χ0v) is 20.4. The highest BCUT2D eigenvalue weighted by molar-refractivity contribution is 5.99. The molecule has 192 valence electrons. The van der Waals surface area contributed by atoms with Gasteiger partial charge in [0, 0.05) is 29.8 Å². The van der Waals surface area contributed by atoms with Gasteiger partial charge in [-0.05, 0) is 36.2 Å². The maximum atomic E-state index is 12.7. The number of nitrogens with one attached hydrogen (secondary N) is 3. The molecule has 11 heteroatoms. The van der Waals surface area contributed by atoms with Crippen molar-refractivity contribution < 1.29 is 27.5 Å². The van der Waals surface area contributed by atoms with Crippen molar-refractivity contribution in [1.82, 2.24) is 15.1 Å². The van der Waals surface area contributed by atoms with Crippen LogP contribution in [0.25, 0.3) is 5.69 Å². The van der Waals surface area contributed by atoms with Crippen LogP contribution in [0.3, 0.4) is 0 Å². The molecule has 0 aliphatic heterocycles. The fraction of sp³-hybridized carbons (Fsp3) is 0.320. The summed E-state index contributed by atoms with van der Waals surface area (Å²) in [5.41, 5.74) is 2.24. The first kappa shape index (κ1) is 26.6. The summed E-state index contributed by atoms with van der Waals surface area (Å²) >= 11 is 0. The van der Waals surface area contributed by atoms with E-state index in [1.54, 1.807) is 59.3 Å². The van der Waals surface area contributed by atoms with Gasteiger partial charge in [-0.15, -0.1) is 0 Å². The van der Waals surface area contributed by atoms with E-state index < -0.39 is 18.1 Å². The lowest BCUT2D eigenvalue weighted by atomic mass is 9.92. The summed E-state index contributed by atoms with van der Waals surface area (Å²) in [5, 5.41) is 12.1. The average Bonchev–Trinajstić information content (AvgIpc) is 3.23. The maximum Gasteiger partial charge on any atom is 0.471 e. The first-order valence-electron chi connectivity index (χ1n) is 11.1. The average molecular weight is 504 g/mol. The second-order valence-corrected chi connectivity index (χ2v) is 9.06. The molecule has 0 spiro atoms. The Hall–Kier alpha value is -4.02. The van der Waals surface area contributed by atoms with Crippen LogP contribution in [0.5, 0.6) is 5.75 Å². The molecule has 0 aliphatic rings. The SMILES string of the molecule is COc1cccc(NC(=O)Nc2cc(C(C)(C)C)nn2-c2cccc(CCNC(=O)C(F)(F)F)c2)c1. The summed E-state index contributed by atoms with van der Waals surface area (Å²) in [6.45, 7) is 5.78. The predicted molar refractivity (Wildman–Crippen MR) is 131 cm³/mol. The molecule has 0 bridgehead atoms. The molecule has 0 atom stereocenters. The molecule has 0 radical (unpaired) electrons. The quantitative estimate of drug-likeness (QED) is 0.421. The molecular weight excluding hydrogens is 475 g/mol. The number of rotatable bonds is 7. The summed E-state index contributed by atoms with van der Waals surface area (Å²) < 4.78 is 44.0. The molecule has 36 heavy (non-hydrogen) atoms. The predicted octanol–water partition coefficient (Wildman–Crippen LogP) is 5.04. The number of anilines is 2. The zero-order valence-electron chi connectivity index (χ0n) is 20.4. The topological polar surface area (TPSA) is 97.3 Å². The molecule has 2 aromatic carbocycles. The van der Waals surface area contributed by atoms with Crippen LogP contribution >= 0.6 is 0 Å². The summed E-state index contributed by atoms with van der Waals surface area (Å²) in [7, 11) is 1.53. The van der Waals surface area contributed by atoms with Gasteiger partial charge in [-0.2, -0.15) is 18.3 Å². The summed E-state index contributed by atoms with van der Waals surface area (Å²) in [4.78, 5) is 23.8. The van der Waals surface area contributed by atoms with Gasteiger partial charge in [0.05, 0.1) is 18.5 Å². The highest BCUT2D eigenvalue weighted by Crippen LogP contribution is 2.27.